The van der Waals surface area contributed by atoms with Gasteiger partial charge in [0.25, 0.3) is 5.91 Å². The molecule has 0 saturated carbocycles. The number of hydrogen-bond donors (Lipinski definition) is 0. The zero-order valence-corrected chi connectivity index (χ0v) is 14.4. The molecule has 0 bridgehead atoms. The second-order valence-corrected chi connectivity index (χ2v) is 8.04. The van der Waals surface area contributed by atoms with Gasteiger partial charge in [0.05, 0.1) is 30.9 Å². The van der Waals surface area contributed by atoms with Gasteiger partial charge in [-0.05, 0) is 18.2 Å². The largest absolute Gasteiger partial charge is 0.497 e. The highest BCUT2D eigenvalue weighted by atomic mass is 32.2. The summed E-state index contributed by atoms with van der Waals surface area (Å²) in [6.45, 7) is 0.165. The van der Waals surface area contributed by atoms with Crippen LogP contribution in [0.4, 0.5) is 0 Å². The molecule has 0 unspecified atom stereocenters. The predicted octanol–water partition coefficient (Wildman–Crippen LogP) is 1.04. The number of carbonyl (C=O) groups excluding carboxylic acids is 1. The summed E-state index contributed by atoms with van der Waals surface area (Å²) in [5.41, 5.74) is 1.19. The number of aryl methyl sites for hydroxylation is 1. The lowest BCUT2D eigenvalue weighted by Gasteiger charge is -2.35. The predicted molar refractivity (Wildman–Crippen MR) is 88.6 cm³/mol. The van der Waals surface area contributed by atoms with Gasteiger partial charge < -0.3 is 9.64 Å². The van der Waals surface area contributed by atoms with Gasteiger partial charge in [-0.15, -0.1) is 0 Å². The molecule has 1 saturated heterocycles. The highest BCUT2D eigenvalue weighted by Crippen LogP contribution is 2.28. The zero-order chi connectivity index (χ0) is 17.3. The third-order valence-electron chi connectivity index (χ3n) is 4.12. The first kappa shape index (κ1) is 16.5. The fraction of sp³-hybridized carbons (Fsp3) is 0.375. The second-order valence-electron chi connectivity index (χ2n) is 5.81. The summed E-state index contributed by atoms with van der Waals surface area (Å²) >= 11 is 0. The molecular weight excluding hydrogens is 330 g/mol. The van der Waals surface area contributed by atoms with Gasteiger partial charge in [-0.2, -0.15) is 5.10 Å². The molecule has 1 aromatic heterocycles. The number of hydrogen-bond acceptors (Lipinski definition) is 5. The summed E-state index contributed by atoms with van der Waals surface area (Å²) < 4.78 is 30.9. The Morgan fingerprint density at radius 3 is 2.83 bits per heavy atom. The van der Waals surface area contributed by atoms with E-state index in [1.165, 1.54) is 7.11 Å². The second kappa shape index (κ2) is 6.27. The van der Waals surface area contributed by atoms with Crippen LogP contribution < -0.4 is 4.74 Å². The Hall–Kier alpha value is -2.35. The molecule has 0 aliphatic carbocycles. The summed E-state index contributed by atoms with van der Waals surface area (Å²) in [4.78, 5) is 14.5. The van der Waals surface area contributed by atoms with Crippen LogP contribution in [0.1, 0.15) is 22.0 Å². The quantitative estimate of drug-likeness (QED) is 0.827. The van der Waals surface area contributed by atoms with E-state index in [4.69, 9.17) is 4.74 Å². The molecule has 1 aromatic carbocycles. The molecule has 1 aliphatic rings. The van der Waals surface area contributed by atoms with Crippen molar-refractivity contribution in [2.24, 2.45) is 7.05 Å². The van der Waals surface area contributed by atoms with E-state index in [0.29, 0.717) is 11.3 Å². The van der Waals surface area contributed by atoms with Crippen molar-refractivity contribution >= 4 is 15.7 Å². The highest BCUT2D eigenvalue weighted by molar-refractivity contribution is 7.91. The van der Waals surface area contributed by atoms with E-state index in [2.05, 4.69) is 5.10 Å². The molecule has 8 heteroatoms. The number of nitrogens with zero attached hydrogens (tertiary/aromatic N) is 3. The SMILES string of the molecule is COc1cccc(C(=O)N2CCS(=O)(=O)C[C@H]2c2cnn(C)c2)c1. The summed E-state index contributed by atoms with van der Waals surface area (Å²) in [6, 6.07) is 6.33. The van der Waals surface area contributed by atoms with Crippen LogP contribution in [0.15, 0.2) is 36.7 Å². The first-order valence-electron chi connectivity index (χ1n) is 7.53. The minimum Gasteiger partial charge on any atom is -0.497 e. The van der Waals surface area contributed by atoms with E-state index < -0.39 is 15.9 Å². The molecule has 0 radical (unpaired) electrons. The molecule has 0 N–H and O–H groups in total. The Bertz CT molecular complexity index is 860. The van der Waals surface area contributed by atoms with E-state index >= 15 is 0 Å². The number of rotatable bonds is 3. The van der Waals surface area contributed by atoms with Crippen LogP contribution in [0, 0.1) is 0 Å². The minimum atomic E-state index is -3.19. The maximum Gasteiger partial charge on any atom is 0.254 e. The monoisotopic (exact) mass is 349 g/mol. The van der Waals surface area contributed by atoms with Gasteiger partial charge in [0, 0.05) is 30.9 Å². The number of sulfone groups is 1. The van der Waals surface area contributed by atoms with Crippen molar-refractivity contribution in [3.8, 4) is 5.75 Å². The van der Waals surface area contributed by atoms with E-state index in [9.17, 15) is 13.2 Å². The third-order valence-corrected chi connectivity index (χ3v) is 5.75. The van der Waals surface area contributed by atoms with Crippen LogP contribution in [-0.2, 0) is 16.9 Å². The molecule has 1 amide bonds. The van der Waals surface area contributed by atoms with Gasteiger partial charge in [-0.3, -0.25) is 9.48 Å². The molecule has 7 nitrogen and oxygen atoms in total. The molecule has 1 aliphatic heterocycles. The zero-order valence-electron chi connectivity index (χ0n) is 13.5. The van der Waals surface area contributed by atoms with Crippen molar-refractivity contribution in [1.29, 1.82) is 0 Å². The van der Waals surface area contributed by atoms with Crippen molar-refractivity contribution < 1.29 is 17.9 Å². The molecule has 1 fully saturated rings. The molecule has 1 atom stereocenters. The maximum absolute atomic E-state index is 12.9. The summed E-state index contributed by atoms with van der Waals surface area (Å²) in [5.74, 6) is 0.259. The maximum atomic E-state index is 12.9. The minimum absolute atomic E-state index is 0.0283. The fourth-order valence-corrected chi connectivity index (χ4v) is 4.36. The van der Waals surface area contributed by atoms with E-state index in [1.54, 1.807) is 53.3 Å². The Morgan fingerprint density at radius 2 is 2.17 bits per heavy atom. The lowest BCUT2D eigenvalue weighted by molar-refractivity contribution is 0.0697. The highest BCUT2D eigenvalue weighted by Gasteiger charge is 2.36. The molecular formula is C16H19N3O4S. The smallest absolute Gasteiger partial charge is 0.254 e. The Morgan fingerprint density at radius 1 is 1.38 bits per heavy atom. The fourth-order valence-electron chi connectivity index (χ4n) is 2.86. The molecule has 3 rings (SSSR count). The molecule has 24 heavy (non-hydrogen) atoms. The van der Waals surface area contributed by atoms with Crippen LogP contribution in [0.2, 0.25) is 0 Å². The first-order chi connectivity index (χ1) is 11.4. The van der Waals surface area contributed by atoms with Gasteiger partial charge in [0.15, 0.2) is 9.84 Å². The number of benzene rings is 1. The lowest BCUT2D eigenvalue weighted by atomic mass is 10.1. The first-order valence-corrected chi connectivity index (χ1v) is 9.36. The molecule has 2 heterocycles. The van der Waals surface area contributed by atoms with Gasteiger partial charge in [-0.25, -0.2) is 8.42 Å². The van der Waals surface area contributed by atoms with Crippen molar-refractivity contribution in [1.82, 2.24) is 14.7 Å². The van der Waals surface area contributed by atoms with Gasteiger partial charge in [0.1, 0.15) is 5.75 Å². The normalized spacial score (nSPS) is 19.9. The van der Waals surface area contributed by atoms with E-state index in [-0.39, 0.29) is 24.0 Å². The molecule has 128 valence electrons. The topological polar surface area (TPSA) is 81.5 Å². The number of aromatic nitrogens is 2. The van der Waals surface area contributed by atoms with Crippen LogP contribution in [0.25, 0.3) is 0 Å². The standard InChI is InChI=1S/C16H19N3O4S/c1-18-10-13(9-17-18)15-11-24(21,22)7-6-19(15)16(20)12-4-3-5-14(8-12)23-2/h3-5,8-10,15H,6-7,11H2,1-2H3/t15-/m0/s1. The van der Waals surface area contributed by atoms with Crippen LogP contribution in [0.5, 0.6) is 5.75 Å². The van der Waals surface area contributed by atoms with Crippen LogP contribution in [-0.4, -0.2) is 54.2 Å². The van der Waals surface area contributed by atoms with Gasteiger partial charge in [0.2, 0.25) is 0 Å². The lowest BCUT2D eigenvalue weighted by Crippen LogP contribution is -2.46. The van der Waals surface area contributed by atoms with Crippen LogP contribution >= 0.6 is 0 Å². The number of amides is 1. The van der Waals surface area contributed by atoms with Crippen molar-refractivity contribution in [3.63, 3.8) is 0 Å². The van der Waals surface area contributed by atoms with Gasteiger partial charge in [-0.1, -0.05) is 6.07 Å². The average Bonchev–Trinajstić information content (AvgIpc) is 3.00. The number of carbonyl (C=O) groups is 1. The Labute approximate surface area is 140 Å². The van der Waals surface area contributed by atoms with Crippen molar-refractivity contribution in [3.05, 3.63) is 47.8 Å². The summed E-state index contributed by atoms with van der Waals surface area (Å²) in [5, 5.41) is 4.10. The third kappa shape index (κ3) is 3.28. The van der Waals surface area contributed by atoms with Crippen LogP contribution in [0.3, 0.4) is 0 Å². The average molecular weight is 349 g/mol. The van der Waals surface area contributed by atoms with Crippen molar-refractivity contribution in [2.75, 3.05) is 25.2 Å². The number of ether oxygens (including phenoxy) is 1. The van der Waals surface area contributed by atoms with Crippen molar-refractivity contribution in [2.45, 2.75) is 6.04 Å². The van der Waals surface area contributed by atoms with E-state index in [1.807, 2.05) is 0 Å². The van der Waals surface area contributed by atoms with E-state index in [0.717, 1.165) is 5.56 Å². The molecule has 2 aromatic rings. The summed E-state index contributed by atoms with van der Waals surface area (Å²) in [7, 11) is 0.108. The number of methoxy groups -OCH3 is 1. The summed E-state index contributed by atoms with van der Waals surface area (Å²) in [6.07, 6.45) is 3.36. The van der Waals surface area contributed by atoms with Gasteiger partial charge >= 0.3 is 0 Å². The molecule has 0 spiro atoms. The Kier molecular flexibility index (Phi) is 4.31. The Balaban J connectivity index is 1.95.